The van der Waals surface area contributed by atoms with Gasteiger partial charge < -0.3 is 9.47 Å². The smallest absolute Gasteiger partial charge is 0.315 e. The van der Waals surface area contributed by atoms with Gasteiger partial charge in [0, 0.05) is 16.0 Å². The molecule has 0 N–H and O–H groups in total. The summed E-state index contributed by atoms with van der Waals surface area (Å²) >= 11 is 3.47. The maximum Gasteiger partial charge on any atom is 0.315 e. The number of halogens is 1. The lowest BCUT2D eigenvalue weighted by atomic mass is 9.77. The van der Waals surface area contributed by atoms with E-state index in [9.17, 15) is 4.79 Å². The highest BCUT2D eigenvalue weighted by Gasteiger charge is 2.37. The molecule has 0 saturated heterocycles. The summed E-state index contributed by atoms with van der Waals surface area (Å²) < 4.78 is 11.9. The summed E-state index contributed by atoms with van der Waals surface area (Å²) in [6.07, 6.45) is 2.07. The van der Waals surface area contributed by atoms with Gasteiger partial charge in [0.2, 0.25) is 0 Å². The van der Waals surface area contributed by atoms with Gasteiger partial charge in [-0.25, -0.2) is 0 Å². The van der Waals surface area contributed by atoms with Crippen LogP contribution >= 0.6 is 15.9 Å². The van der Waals surface area contributed by atoms with Crippen LogP contribution in [0, 0.1) is 11.8 Å². The number of carbonyl (C=O) groups excluding carboxylic acids is 1. The van der Waals surface area contributed by atoms with E-state index in [4.69, 9.17) is 9.47 Å². The molecule has 0 bridgehead atoms. The summed E-state index contributed by atoms with van der Waals surface area (Å²) in [5, 5.41) is 0. The van der Waals surface area contributed by atoms with Crippen molar-refractivity contribution in [2.75, 3.05) is 7.11 Å². The Bertz CT molecular complexity index is 776. The van der Waals surface area contributed by atoms with Crippen LogP contribution < -0.4 is 4.74 Å². The minimum Gasteiger partial charge on any atom is -0.497 e. The molecule has 25 heavy (non-hydrogen) atoms. The van der Waals surface area contributed by atoms with E-state index in [1.807, 2.05) is 36.4 Å². The van der Waals surface area contributed by atoms with Crippen molar-refractivity contribution in [2.24, 2.45) is 11.8 Å². The number of rotatable bonds is 4. The highest BCUT2D eigenvalue weighted by Crippen LogP contribution is 2.40. The molecule has 4 heteroatoms. The lowest BCUT2D eigenvalue weighted by Crippen LogP contribution is -2.31. The average molecular weight is 401 g/mol. The Kier molecular flexibility index (Phi) is 5.28. The van der Waals surface area contributed by atoms with Gasteiger partial charge in [0.25, 0.3) is 0 Å². The van der Waals surface area contributed by atoms with E-state index in [2.05, 4.69) is 48.0 Å². The van der Waals surface area contributed by atoms with E-state index >= 15 is 0 Å². The predicted octanol–water partition coefficient (Wildman–Crippen LogP) is 5.41. The van der Waals surface area contributed by atoms with E-state index in [0.29, 0.717) is 5.76 Å². The summed E-state index contributed by atoms with van der Waals surface area (Å²) in [6, 6.07) is 15.7. The second-order valence-corrected chi connectivity index (χ2v) is 7.44. The maximum atomic E-state index is 12.7. The van der Waals surface area contributed by atoms with Gasteiger partial charge in [0.05, 0.1) is 13.0 Å². The third kappa shape index (κ3) is 3.79. The maximum absolute atomic E-state index is 12.7. The molecule has 0 saturated carbocycles. The molecule has 1 aliphatic rings. The van der Waals surface area contributed by atoms with E-state index in [1.54, 1.807) is 7.11 Å². The van der Waals surface area contributed by atoms with Crippen LogP contribution in [-0.4, -0.2) is 13.1 Å². The van der Waals surface area contributed by atoms with Crippen LogP contribution in [0.15, 0.2) is 59.1 Å². The molecule has 0 fully saturated rings. The molecule has 0 radical (unpaired) electrons. The number of methoxy groups -OCH3 is 1. The summed E-state index contributed by atoms with van der Waals surface area (Å²) in [5.74, 6) is 1.20. The van der Waals surface area contributed by atoms with Crippen molar-refractivity contribution in [3.63, 3.8) is 0 Å². The molecule has 0 aromatic heterocycles. The van der Waals surface area contributed by atoms with Crippen LogP contribution in [0.5, 0.6) is 5.75 Å². The number of cyclic esters (lactones) is 1. The van der Waals surface area contributed by atoms with Gasteiger partial charge in [0.1, 0.15) is 11.5 Å². The highest BCUT2D eigenvalue weighted by molar-refractivity contribution is 9.10. The Morgan fingerprint density at radius 1 is 1.04 bits per heavy atom. The molecule has 1 aliphatic heterocycles. The standard InChI is InChI=1S/C21H21BrO3/c1-13(2)20-18(14-4-8-16(22)9-5-14)12-19(25-21(20)23)15-6-10-17(24-3)11-7-15/h4-13,18,20H,1-3H3/t18-,20-/m1/s1. The van der Waals surface area contributed by atoms with E-state index in [0.717, 1.165) is 21.3 Å². The first-order chi connectivity index (χ1) is 12.0. The first-order valence-electron chi connectivity index (χ1n) is 8.33. The van der Waals surface area contributed by atoms with E-state index in [-0.39, 0.29) is 23.7 Å². The molecule has 0 spiro atoms. The molecule has 0 amide bonds. The Balaban J connectivity index is 2.02. The molecule has 2 aromatic carbocycles. The molecule has 3 nitrogen and oxygen atoms in total. The molecule has 2 atom stereocenters. The topological polar surface area (TPSA) is 35.5 Å². The van der Waals surface area contributed by atoms with Crippen molar-refractivity contribution in [3.8, 4) is 5.75 Å². The fourth-order valence-corrected chi connectivity index (χ4v) is 3.47. The predicted molar refractivity (Wildman–Crippen MR) is 102 cm³/mol. The van der Waals surface area contributed by atoms with Crippen molar-refractivity contribution >= 4 is 27.7 Å². The summed E-state index contributed by atoms with van der Waals surface area (Å²) in [4.78, 5) is 12.7. The normalized spacial score (nSPS) is 20.2. The van der Waals surface area contributed by atoms with Crippen LogP contribution in [0.25, 0.3) is 5.76 Å². The fourth-order valence-electron chi connectivity index (χ4n) is 3.21. The summed E-state index contributed by atoms with van der Waals surface area (Å²) in [6.45, 7) is 4.12. The quantitative estimate of drug-likeness (QED) is 0.643. The van der Waals surface area contributed by atoms with Gasteiger partial charge in [-0.1, -0.05) is 41.9 Å². The second kappa shape index (κ2) is 7.44. The fraction of sp³-hybridized carbons (Fsp3) is 0.286. The summed E-state index contributed by atoms with van der Waals surface area (Å²) in [5.41, 5.74) is 1.99. The molecule has 1 heterocycles. The molecular weight excluding hydrogens is 380 g/mol. The van der Waals surface area contributed by atoms with Crippen molar-refractivity contribution in [2.45, 2.75) is 19.8 Å². The minimum atomic E-state index is -0.192. The Labute approximate surface area is 156 Å². The number of hydrogen-bond donors (Lipinski definition) is 0. The van der Waals surface area contributed by atoms with Crippen molar-refractivity contribution in [1.82, 2.24) is 0 Å². The number of hydrogen-bond acceptors (Lipinski definition) is 3. The molecule has 2 aromatic rings. The third-order valence-corrected chi connectivity index (χ3v) is 5.08. The monoisotopic (exact) mass is 400 g/mol. The van der Waals surface area contributed by atoms with Crippen molar-refractivity contribution in [3.05, 3.63) is 70.2 Å². The van der Waals surface area contributed by atoms with Crippen molar-refractivity contribution in [1.29, 1.82) is 0 Å². The zero-order valence-electron chi connectivity index (χ0n) is 14.5. The van der Waals surface area contributed by atoms with Crippen LogP contribution in [-0.2, 0) is 9.53 Å². The lowest BCUT2D eigenvalue weighted by molar-refractivity contribution is -0.144. The Morgan fingerprint density at radius 2 is 1.68 bits per heavy atom. The molecule has 130 valence electrons. The summed E-state index contributed by atoms with van der Waals surface area (Å²) in [7, 11) is 1.63. The van der Waals surface area contributed by atoms with E-state index in [1.165, 1.54) is 0 Å². The number of esters is 1. The van der Waals surface area contributed by atoms with Crippen LogP contribution in [0.2, 0.25) is 0 Å². The molecular formula is C21H21BrO3. The Hall–Kier alpha value is -2.07. The van der Waals surface area contributed by atoms with E-state index < -0.39 is 0 Å². The highest BCUT2D eigenvalue weighted by atomic mass is 79.9. The zero-order chi connectivity index (χ0) is 18.0. The first kappa shape index (κ1) is 17.7. The molecule has 3 rings (SSSR count). The number of carbonyl (C=O) groups is 1. The van der Waals surface area contributed by atoms with Gasteiger partial charge in [-0.05, 0) is 54.0 Å². The third-order valence-electron chi connectivity index (χ3n) is 4.55. The zero-order valence-corrected chi connectivity index (χ0v) is 16.1. The lowest BCUT2D eigenvalue weighted by Gasteiger charge is -2.31. The van der Waals surface area contributed by atoms with Gasteiger partial charge in [-0.2, -0.15) is 0 Å². The van der Waals surface area contributed by atoms with Crippen molar-refractivity contribution < 1.29 is 14.3 Å². The van der Waals surface area contributed by atoms with Gasteiger partial charge in [-0.3, -0.25) is 4.79 Å². The Morgan fingerprint density at radius 3 is 2.24 bits per heavy atom. The largest absolute Gasteiger partial charge is 0.497 e. The first-order valence-corrected chi connectivity index (χ1v) is 9.12. The van der Waals surface area contributed by atoms with Gasteiger partial charge in [-0.15, -0.1) is 0 Å². The van der Waals surface area contributed by atoms with Gasteiger partial charge >= 0.3 is 5.97 Å². The number of ether oxygens (including phenoxy) is 2. The molecule has 0 aliphatic carbocycles. The van der Waals surface area contributed by atoms with Crippen LogP contribution in [0.1, 0.15) is 30.9 Å². The van der Waals surface area contributed by atoms with Crippen LogP contribution in [0.4, 0.5) is 0 Å². The van der Waals surface area contributed by atoms with Gasteiger partial charge in [0.15, 0.2) is 0 Å². The molecule has 0 unspecified atom stereocenters. The minimum absolute atomic E-state index is 0.00792. The SMILES string of the molecule is COc1ccc(C2=C[C@H](c3ccc(Br)cc3)[C@@H](C(C)C)C(=O)O2)cc1. The van der Waals surface area contributed by atoms with Crippen LogP contribution in [0.3, 0.4) is 0 Å². The number of allylic oxidation sites excluding steroid dienone is 1. The average Bonchev–Trinajstić information content (AvgIpc) is 2.61. The second-order valence-electron chi connectivity index (χ2n) is 6.53. The number of benzene rings is 2.